The van der Waals surface area contributed by atoms with Crippen molar-refractivity contribution in [3.8, 4) is 0 Å². The second-order valence-electron chi connectivity index (χ2n) is 5.64. The molecule has 0 saturated heterocycles. The molecule has 2 rings (SSSR count). The number of carbonyl (C=O) groups is 1. The van der Waals surface area contributed by atoms with Gasteiger partial charge in [-0.1, -0.05) is 37.3 Å². The van der Waals surface area contributed by atoms with E-state index < -0.39 is 10.0 Å². The molecule has 0 bridgehead atoms. The molecule has 4 heteroatoms. The summed E-state index contributed by atoms with van der Waals surface area (Å²) in [5.74, 6) is 1.16. The minimum atomic E-state index is -0.718. The Hall–Kier alpha value is -1.94. The first-order valence-electron chi connectivity index (χ1n) is 7.41. The van der Waals surface area contributed by atoms with E-state index in [0.717, 1.165) is 17.0 Å². The number of hydrogen-bond acceptors (Lipinski definition) is 1. The molecule has 0 aliphatic carbocycles. The Bertz CT molecular complexity index is 609. The lowest BCUT2D eigenvalue weighted by molar-refractivity contribution is 0.251. The summed E-state index contributed by atoms with van der Waals surface area (Å²) in [4.78, 5) is 13.3. The summed E-state index contributed by atoms with van der Waals surface area (Å²) in [6.07, 6.45) is 4.62. The van der Waals surface area contributed by atoms with Crippen molar-refractivity contribution in [2.45, 2.75) is 18.4 Å². The van der Waals surface area contributed by atoms with Crippen molar-refractivity contribution in [3.63, 3.8) is 0 Å². The minimum absolute atomic E-state index is 0.182. The molecule has 2 amide bonds. The van der Waals surface area contributed by atoms with Gasteiger partial charge in [0.2, 0.25) is 0 Å². The van der Waals surface area contributed by atoms with Gasteiger partial charge in [0, 0.05) is 12.2 Å². The first kappa shape index (κ1) is 16.4. The van der Waals surface area contributed by atoms with E-state index in [1.54, 1.807) is 0 Å². The molecule has 0 aliphatic heterocycles. The monoisotopic (exact) mass is 316 g/mol. The molecule has 0 saturated carbocycles. The molecule has 0 atom stereocenters. The van der Waals surface area contributed by atoms with E-state index in [-0.39, 0.29) is 6.03 Å². The van der Waals surface area contributed by atoms with Crippen molar-refractivity contribution in [2.75, 3.05) is 23.6 Å². The number of anilines is 1. The Morgan fingerprint density at radius 2 is 1.64 bits per heavy atom. The van der Waals surface area contributed by atoms with Crippen LogP contribution in [0.5, 0.6) is 0 Å². The maximum Gasteiger partial charge on any atom is 0.319 e. The molecule has 0 aromatic heterocycles. The van der Waals surface area contributed by atoms with Gasteiger partial charge in [0.15, 0.2) is 0 Å². The number of nitrogens with one attached hydrogen (secondary N) is 2. The van der Waals surface area contributed by atoms with Crippen LogP contribution < -0.4 is 10.6 Å². The summed E-state index contributed by atoms with van der Waals surface area (Å²) in [7, 11) is -0.718. The van der Waals surface area contributed by atoms with Crippen molar-refractivity contribution >= 4 is 21.7 Å². The van der Waals surface area contributed by atoms with Gasteiger partial charge in [-0.3, -0.25) is 0 Å². The average molecular weight is 316 g/mol. The molecule has 2 N–H and O–H groups in total. The Kier molecular flexibility index (Phi) is 5.50. The molecule has 22 heavy (non-hydrogen) atoms. The zero-order chi connectivity index (χ0) is 16.0. The Morgan fingerprint density at radius 3 is 2.23 bits per heavy atom. The first-order chi connectivity index (χ1) is 10.5. The number of amides is 2. The molecule has 0 radical (unpaired) electrons. The molecular formula is C18H24N2OS. The fourth-order valence-electron chi connectivity index (χ4n) is 2.03. The van der Waals surface area contributed by atoms with Crippen LogP contribution in [0.25, 0.3) is 0 Å². The van der Waals surface area contributed by atoms with Gasteiger partial charge in [0.25, 0.3) is 0 Å². The first-order valence-corrected chi connectivity index (χ1v) is 10.0. The zero-order valence-corrected chi connectivity index (χ0v) is 14.2. The molecule has 0 fully saturated rings. The number of rotatable bonds is 5. The fraction of sp³-hybridized carbons (Fsp3) is 0.278. The highest BCUT2D eigenvalue weighted by Crippen LogP contribution is 2.48. The second-order valence-corrected chi connectivity index (χ2v) is 9.77. The molecule has 2 aromatic rings. The van der Waals surface area contributed by atoms with Crippen LogP contribution in [0.3, 0.4) is 0 Å². The van der Waals surface area contributed by atoms with Crippen LogP contribution in [0.4, 0.5) is 10.5 Å². The molecule has 3 nitrogen and oxygen atoms in total. The van der Waals surface area contributed by atoms with E-state index in [4.69, 9.17) is 0 Å². The second kappa shape index (κ2) is 7.36. The van der Waals surface area contributed by atoms with Gasteiger partial charge in [0.05, 0.1) is 0 Å². The van der Waals surface area contributed by atoms with Crippen molar-refractivity contribution in [3.05, 3.63) is 60.2 Å². The van der Waals surface area contributed by atoms with E-state index in [2.05, 4.69) is 42.2 Å². The molecule has 0 unspecified atom stereocenters. The van der Waals surface area contributed by atoms with Gasteiger partial charge in [0.1, 0.15) is 0 Å². The molecular weight excluding hydrogens is 292 g/mol. The van der Waals surface area contributed by atoms with Gasteiger partial charge >= 0.3 is 6.03 Å². The number of hydrogen-bond donors (Lipinski definition) is 2. The van der Waals surface area contributed by atoms with E-state index in [0.29, 0.717) is 6.54 Å². The summed E-state index contributed by atoms with van der Waals surface area (Å²) in [5.41, 5.74) is 1.90. The van der Waals surface area contributed by atoms with Gasteiger partial charge in [-0.15, -0.1) is 0 Å². The third-order valence-corrected chi connectivity index (χ3v) is 6.76. The van der Waals surface area contributed by atoms with E-state index in [1.165, 1.54) is 4.90 Å². The van der Waals surface area contributed by atoms with Gasteiger partial charge in [-0.2, -0.15) is 0 Å². The predicted molar refractivity (Wildman–Crippen MR) is 97.0 cm³/mol. The maximum atomic E-state index is 11.9. The molecule has 0 aliphatic rings. The highest BCUT2D eigenvalue weighted by Gasteiger charge is 2.11. The smallest absolute Gasteiger partial charge is 0.319 e. The van der Waals surface area contributed by atoms with Crippen molar-refractivity contribution in [1.82, 2.24) is 5.32 Å². The van der Waals surface area contributed by atoms with Crippen LogP contribution >= 0.6 is 10.0 Å². The summed E-state index contributed by atoms with van der Waals surface area (Å²) in [5, 5.41) is 5.73. The van der Waals surface area contributed by atoms with E-state index in [1.807, 2.05) is 42.5 Å². The number of benzene rings is 2. The van der Waals surface area contributed by atoms with E-state index in [9.17, 15) is 4.79 Å². The van der Waals surface area contributed by atoms with Crippen LogP contribution in [-0.2, 0) is 6.54 Å². The SMILES string of the molecule is CCS(C)(C)c1ccc(NC(=O)NCc2ccccc2)cc1. The lowest BCUT2D eigenvalue weighted by Gasteiger charge is -2.30. The molecule has 118 valence electrons. The Morgan fingerprint density at radius 1 is 1.00 bits per heavy atom. The highest BCUT2D eigenvalue weighted by molar-refractivity contribution is 8.32. The maximum absolute atomic E-state index is 11.9. The summed E-state index contributed by atoms with van der Waals surface area (Å²) in [6.45, 7) is 2.75. The van der Waals surface area contributed by atoms with Crippen molar-refractivity contribution < 1.29 is 4.79 Å². The molecule has 0 heterocycles. The Labute approximate surface area is 134 Å². The highest BCUT2D eigenvalue weighted by atomic mass is 32.3. The lowest BCUT2D eigenvalue weighted by atomic mass is 10.2. The number of carbonyl (C=O) groups excluding carboxylic acids is 1. The largest absolute Gasteiger partial charge is 0.334 e. The molecule has 2 aromatic carbocycles. The third-order valence-electron chi connectivity index (χ3n) is 3.77. The fourth-order valence-corrected chi connectivity index (χ4v) is 3.23. The Balaban J connectivity index is 1.89. The third kappa shape index (κ3) is 4.53. The van der Waals surface area contributed by atoms with Gasteiger partial charge < -0.3 is 10.6 Å². The topological polar surface area (TPSA) is 41.1 Å². The minimum Gasteiger partial charge on any atom is -0.334 e. The average Bonchev–Trinajstić information content (AvgIpc) is 2.54. The van der Waals surface area contributed by atoms with Crippen LogP contribution in [0.1, 0.15) is 12.5 Å². The standard InChI is InChI=1S/C18H24N2OS/c1-4-22(2,3)17-12-10-16(11-13-17)20-18(21)19-14-15-8-6-5-7-9-15/h5-13H,4,14H2,1-3H3,(H2,19,20,21). The van der Waals surface area contributed by atoms with E-state index >= 15 is 0 Å². The van der Waals surface area contributed by atoms with Crippen LogP contribution in [0, 0.1) is 0 Å². The van der Waals surface area contributed by atoms with Gasteiger partial charge in [-0.25, -0.2) is 14.8 Å². The van der Waals surface area contributed by atoms with Crippen LogP contribution in [0.2, 0.25) is 0 Å². The summed E-state index contributed by atoms with van der Waals surface area (Å²) < 4.78 is 0. The van der Waals surface area contributed by atoms with Gasteiger partial charge in [-0.05, 0) is 53.0 Å². The summed E-state index contributed by atoms with van der Waals surface area (Å²) in [6, 6.07) is 17.9. The quantitative estimate of drug-likeness (QED) is 0.840. The van der Waals surface area contributed by atoms with Crippen molar-refractivity contribution in [2.24, 2.45) is 0 Å². The lowest BCUT2D eigenvalue weighted by Crippen LogP contribution is -2.28. The predicted octanol–water partition coefficient (Wildman–Crippen LogP) is 4.45. The van der Waals surface area contributed by atoms with Crippen LogP contribution in [-0.4, -0.2) is 24.3 Å². The number of urea groups is 1. The normalized spacial score (nSPS) is 11.8. The van der Waals surface area contributed by atoms with Crippen molar-refractivity contribution in [1.29, 1.82) is 0 Å². The zero-order valence-electron chi connectivity index (χ0n) is 13.4. The molecule has 0 spiro atoms. The summed E-state index contributed by atoms with van der Waals surface area (Å²) >= 11 is 0. The van der Waals surface area contributed by atoms with Crippen LogP contribution in [0.15, 0.2) is 59.5 Å².